The van der Waals surface area contributed by atoms with Crippen LogP contribution in [0.1, 0.15) is 12.8 Å². The van der Waals surface area contributed by atoms with Crippen LogP contribution in [0.5, 0.6) is 5.75 Å². The van der Waals surface area contributed by atoms with Gasteiger partial charge in [0.1, 0.15) is 11.6 Å². The van der Waals surface area contributed by atoms with E-state index in [-0.39, 0.29) is 0 Å². The summed E-state index contributed by atoms with van der Waals surface area (Å²) >= 11 is 3.66. The van der Waals surface area contributed by atoms with Gasteiger partial charge >= 0.3 is 0 Å². The van der Waals surface area contributed by atoms with E-state index in [4.69, 9.17) is 4.74 Å². The van der Waals surface area contributed by atoms with Crippen molar-refractivity contribution in [1.29, 1.82) is 0 Å². The summed E-state index contributed by atoms with van der Waals surface area (Å²) in [7, 11) is 1.66. The molecule has 0 saturated carbocycles. The predicted molar refractivity (Wildman–Crippen MR) is 65.0 cm³/mol. The van der Waals surface area contributed by atoms with Crippen LogP contribution >= 0.6 is 15.9 Å². The van der Waals surface area contributed by atoms with Crippen LogP contribution < -0.4 is 9.64 Å². The minimum atomic E-state index is 0.593. The van der Waals surface area contributed by atoms with Gasteiger partial charge < -0.3 is 9.64 Å². The zero-order valence-corrected chi connectivity index (χ0v) is 10.4. The maximum Gasteiger partial charge on any atom is 0.137 e. The standard InChI is InChI=1S/C11H15BrN2O/c1-15-10-4-5-11(13-7-10)14-6-2-3-9(12)8-14/h4-5,7,9H,2-3,6,8H2,1H3. The number of hydrogen-bond donors (Lipinski definition) is 0. The van der Waals surface area contributed by atoms with Gasteiger partial charge in [0.25, 0.3) is 0 Å². The van der Waals surface area contributed by atoms with Gasteiger partial charge in [-0.1, -0.05) is 15.9 Å². The second-order valence-corrected chi connectivity index (χ2v) is 5.04. The Morgan fingerprint density at radius 1 is 1.53 bits per heavy atom. The summed E-state index contributed by atoms with van der Waals surface area (Å²) in [4.78, 5) is 7.29. The van der Waals surface area contributed by atoms with Crippen LogP contribution in [-0.4, -0.2) is 30.0 Å². The Morgan fingerprint density at radius 3 is 3.00 bits per heavy atom. The number of hydrogen-bond acceptors (Lipinski definition) is 3. The van der Waals surface area contributed by atoms with E-state index in [1.807, 2.05) is 12.1 Å². The third-order valence-electron chi connectivity index (χ3n) is 2.64. The molecule has 0 N–H and O–H groups in total. The monoisotopic (exact) mass is 270 g/mol. The lowest BCUT2D eigenvalue weighted by molar-refractivity contribution is 0.413. The molecule has 1 saturated heterocycles. The molecule has 1 aromatic rings. The van der Waals surface area contributed by atoms with E-state index in [2.05, 4.69) is 25.8 Å². The van der Waals surface area contributed by atoms with Gasteiger partial charge in [-0.15, -0.1) is 0 Å². The van der Waals surface area contributed by atoms with E-state index < -0.39 is 0 Å². The van der Waals surface area contributed by atoms with Crippen LogP contribution in [-0.2, 0) is 0 Å². The number of methoxy groups -OCH3 is 1. The van der Waals surface area contributed by atoms with Crippen molar-refractivity contribution < 1.29 is 4.74 Å². The van der Waals surface area contributed by atoms with Gasteiger partial charge in [-0.25, -0.2) is 4.98 Å². The summed E-state index contributed by atoms with van der Waals surface area (Å²) < 4.78 is 5.09. The molecular weight excluding hydrogens is 256 g/mol. The van der Waals surface area contributed by atoms with Gasteiger partial charge in [0, 0.05) is 17.9 Å². The average molecular weight is 271 g/mol. The molecule has 1 aromatic heterocycles. The minimum absolute atomic E-state index is 0.593. The minimum Gasteiger partial charge on any atom is -0.495 e. The molecule has 0 radical (unpaired) electrons. The summed E-state index contributed by atoms with van der Waals surface area (Å²) in [5.74, 6) is 1.85. The van der Waals surface area contributed by atoms with Gasteiger partial charge in [-0.2, -0.15) is 0 Å². The van der Waals surface area contributed by atoms with Crippen LogP contribution in [0.4, 0.5) is 5.82 Å². The van der Waals surface area contributed by atoms with E-state index in [9.17, 15) is 0 Å². The van der Waals surface area contributed by atoms with E-state index in [0.717, 1.165) is 24.7 Å². The molecule has 0 aromatic carbocycles. The summed E-state index contributed by atoms with van der Waals surface area (Å²) in [6, 6.07) is 3.98. The van der Waals surface area contributed by atoms with Crippen LogP contribution in [0, 0.1) is 0 Å². The molecule has 3 nitrogen and oxygen atoms in total. The first kappa shape index (κ1) is 10.7. The van der Waals surface area contributed by atoms with Crippen molar-refractivity contribution in [2.45, 2.75) is 17.7 Å². The molecule has 1 aliphatic rings. The van der Waals surface area contributed by atoms with Crippen LogP contribution in [0.3, 0.4) is 0 Å². The molecule has 1 atom stereocenters. The molecule has 2 heterocycles. The molecule has 0 spiro atoms. The highest BCUT2D eigenvalue weighted by Gasteiger charge is 2.18. The van der Waals surface area contributed by atoms with Crippen LogP contribution in [0.2, 0.25) is 0 Å². The van der Waals surface area contributed by atoms with Crippen molar-refractivity contribution in [2.24, 2.45) is 0 Å². The fourth-order valence-electron chi connectivity index (χ4n) is 1.81. The Hall–Kier alpha value is -0.770. The fraction of sp³-hybridized carbons (Fsp3) is 0.545. The lowest BCUT2D eigenvalue weighted by Crippen LogP contribution is -2.36. The number of piperidine rings is 1. The molecule has 1 fully saturated rings. The Labute approximate surface area is 98.6 Å². The number of halogens is 1. The fourth-order valence-corrected chi connectivity index (χ4v) is 2.49. The van der Waals surface area contributed by atoms with E-state index in [0.29, 0.717) is 4.83 Å². The third kappa shape index (κ3) is 2.62. The van der Waals surface area contributed by atoms with Crippen molar-refractivity contribution in [1.82, 2.24) is 4.98 Å². The Morgan fingerprint density at radius 2 is 2.40 bits per heavy atom. The quantitative estimate of drug-likeness (QED) is 0.772. The molecule has 0 aliphatic carbocycles. The lowest BCUT2D eigenvalue weighted by atomic mass is 10.1. The highest BCUT2D eigenvalue weighted by Crippen LogP contribution is 2.22. The van der Waals surface area contributed by atoms with E-state index in [1.165, 1.54) is 12.8 Å². The smallest absolute Gasteiger partial charge is 0.137 e. The van der Waals surface area contributed by atoms with E-state index >= 15 is 0 Å². The van der Waals surface area contributed by atoms with E-state index in [1.54, 1.807) is 13.3 Å². The number of ether oxygens (including phenoxy) is 1. The van der Waals surface area contributed by atoms with Crippen molar-refractivity contribution in [2.75, 3.05) is 25.1 Å². The first-order valence-corrected chi connectivity index (χ1v) is 6.10. The molecule has 82 valence electrons. The van der Waals surface area contributed by atoms with Gasteiger partial charge in [0.2, 0.25) is 0 Å². The predicted octanol–water partition coefficient (Wildman–Crippen LogP) is 2.45. The molecule has 4 heteroatoms. The number of pyridine rings is 1. The number of aromatic nitrogens is 1. The van der Waals surface area contributed by atoms with Gasteiger partial charge in [0.05, 0.1) is 13.3 Å². The maximum absolute atomic E-state index is 5.09. The summed E-state index contributed by atoms with van der Waals surface area (Å²) in [6.45, 7) is 2.14. The van der Waals surface area contributed by atoms with Gasteiger partial charge in [-0.05, 0) is 25.0 Å². The Balaban J connectivity index is 2.07. The molecule has 2 rings (SSSR count). The zero-order chi connectivity index (χ0) is 10.7. The molecule has 1 unspecified atom stereocenters. The molecule has 15 heavy (non-hydrogen) atoms. The van der Waals surface area contributed by atoms with Gasteiger partial charge in [0.15, 0.2) is 0 Å². The number of alkyl halides is 1. The third-order valence-corrected chi connectivity index (χ3v) is 3.39. The Bertz CT molecular complexity index is 315. The second kappa shape index (κ2) is 4.84. The van der Waals surface area contributed by atoms with Gasteiger partial charge in [-0.3, -0.25) is 0 Å². The summed E-state index contributed by atoms with van der Waals surface area (Å²) in [5.41, 5.74) is 0. The summed E-state index contributed by atoms with van der Waals surface area (Å²) in [6.07, 6.45) is 4.25. The summed E-state index contributed by atoms with van der Waals surface area (Å²) in [5, 5.41) is 0. The van der Waals surface area contributed by atoms with Crippen LogP contribution in [0.15, 0.2) is 18.3 Å². The van der Waals surface area contributed by atoms with Crippen molar-refractivity contribution in [3.63, 3.8) is 0 Å². The Kier molecular flexibility index (Phi) is 3.46. The second-order valence-electron chi connectivity index (χ2n) is 3.74. The molecular formula is C11H15BrN2O. The van der Waals surface area contributed by atoms with Crippen molar-refractivity contribution in [3.8, 4) is 5.75 Å². The first-order valence-electron chi connectivity index (χ1n) is 5.18. The molecule has 0 bridgehead atoms. The molecule has 0 amide bonds. The lowest BCUT2D eigenvalue weighted by Gasteiger charge is -2.30. The topological polar surface area (TPSA) is 25.4 Å². The first-order chi connectivity index (χ1) is 7.29. The zero-order valence-electron chi connectivity index (χ0n) is 8.82. The largest absolute Gasteiger partial charge is 0.495 e. The normalized spacial score (nSPS) is 21.5. The maximum atomic E-state index is 5.09. The number of rotatable bonds is 2. The average Bonchev–Trinajstić information content (AvgIpc) is 2.29. The highest BCUT2D eigenvalue weighted by molar-refractivity contribution is 9.09. The van der Waals surface area contributed by atoms with Crippen molar-refractivity contribution in [3.05, 3.63) is 18.3 Å². The number of anilines is 1. The van der Waals surface area contributed by atoms with Crippen molar-refractivity contribution >= 4 is 21.7 Å². The molecule has 1 aliphatic heterocycles. The highest BCUT2D eigenvalue weighted by atomic mass is 79.9. The SMILES string of the molecule is COc1ccc(N2CCCC(Br)C2)nc1. The van der Waals surface area contributed by atoms with Crippen LogP contribution in [0.25, 0.3) is 0 Å². The number of nitrogens with zero attached hydrogens (tertiary/aromatic N) is 2.